The Kier molecular flexibility index (Phi) is 4.95. The van der Waals surface area contributed by atoms with Crippen LogP contribution >= 0.6 is 0 Å². The highest BCUT2D eigenvalue weighted by molar-refractivity contribution is 5.88. The Hall–Kier alpha value is -1.30. The lowest BCUT2D eigenvalue weighted by Crippen LogP contribution is -2.32. The van der Waals surface area contributed by atoms with E-state index in [-0.39, 0.29) is 30.0 Å². The van der Waals surface area contributed by atoms with Gasteiger partial charge in [0.1, 0.15) is 11.4 Å². The van der Waals surface area contributed by atoms with Crippen LogP contribution in [0.1, 0.15) is 52.9 Å². The van der Waals surface area contributed by atoms with Gasteiger partial charge in [0.2, 0.25) is 0 Å². The van der Waals surface area contributed by atoms with Crippen LogP contribution in [0.4, 0.5) is 0 Å². The second-order valence-corrected chi connectivity index (χ2v) is 5.93. The minimum atomic E-state index is -0.493. The van der Waals surface area contributed by atoms with Crippen LogP contribution in [0.3, 0.4) is 0 Å². The van der Waals surface area contributed by atoms with Gasteiger partial charge < -0.3 is 4.74 Å². The van der Waals surface area contributed by atoms with Crippen molar-refractivity contribution in [1.82, 2.24) is 0 Å². The highest BCUT2D eigenvalue weighted by Crippen LogP contribution is 2.30. The number of carbonyl (C=O) groups excluding carboxylic acids is 2. The highest BCUT2D eigenvalue weighted by Gasteiger charge is 2.33. The van der Waals surface area contributed by atoms with Gasteiger partial charge in [-0.05, 0) is 33.6 Å². The van der Waals surface area contributed by atoms with Crippen LogP contribution in [-0.4, -0.2) is 17.4 Å². The minimum absolute atomic E-state index is 0.0591. The quantitative estimate of drug-likeness (QED) is 0.571. The third-order valence-electron chi connectivity index (χ3n) is 3.11. The maximum atomic E-state index is 12.1. The van der Waals surface area contributed by atoms with Gasteiger partial charge in [-0.1, -0.05) is 6.42 Å². The lowest BCUT2D eigenvalue weighted by molar-refractivity contribution is -0.158. The molecule has 0 aromatic carbocycles. The Labute approximate surface area is 109 Å². The first-order valence-electron chi connectivity index (χ1n) is 6.52. The van der Waals surface area contributed by atoms with Crippen molar-refractivity contribution in [2.75, 3.05) is 0 Å². The Morgan fingerprint density at radius 1 is 1.39 bits per heavy atom. The average Bonchev–Trinajstić information content (AvgIpc) is 2.21. The SMILES string of the molecule is C#CCC1CCCC(CC(=O)OC(C)(C)C)C1=O. The van der Waals surface area contributed by atoms with Crippen LogP contribution in [0.2, 0.25) is 0 Å². The number of carbonyl (C=O) groups is 2. The van der Waals surface area contributed by atoms with Gasteiger partial charge in [-0.15, -0.1) is 12.3 Å². The summed E-state index contributed by atoms with van der Waals surface area (Å²) < 4.78 is 5.25. The van der Waals surface area contributed by atoms with E-state index in [4.69, 9.17) is 11.2 Å². The first-order valence-corrected chi connectivity index (χ1v) is 6.52. The van der Waals surface area contributed by atoms with Crippen LogP contribution in [0.15, 0.2) is 0 Å². The molecule has 0 amide bonds. The fourth-order valence-corrected chi connectivity index (χ4v) is 2.36. The van der Waals surface area contributed by atoms with Gasteiger partial charge in [-0.2, -0.15) is 0 Å². The third kappa shape index (κ3) is 4.52. The van der Waals surface area contributed by atoms with Gasteiger partial charge in [0, 0.05) is 18.3 Å². The molecule has 0 N–H and O–H groups in total. The fourth-order valence-electron chi connectivity index (χ4n) is 2.36. The van der Waals surface area contributed by atoms with Crippen molar-refractivity contribution in [3.8, 4) is 12.3 Å². The van der Waals surface area contributed by atoms with Crippen LogP contribution in [-0.2, 0) is 14.3 Å². The Morgan fingerprint density at radius 2 is 2.00 bits per heavy atom. The third-order valence-corrected chi connectivity index (χ3v) is 3.11. The number of rotatable bonds is 3. The Bertz CT molecular complexity index is 357. The Morgan fingerprint density at radius 3 is 2.56 bits per heavy atom. The average molecular weight is 250 g/mol. The second kappa shape index (κ2) is 6.04. The molecule has 0 radical (unpaired) electrons. The van der Waals surface area contributed by atoms with Gasteiger partial charge in [0.25, 0.3) is 0 Å². The predicted molar refractivity (Wildman–Crippen MR) is 69.8 cm³/mol. The van der Waals surface area contributed by atoms with E-state index in [0.29, 0.717) is 6.42 Å². The van der Waals surface area contributed by atoms with Gasteiger partial charge in [-0.25, -0.2) is 0 Å². The molecular formula is C15H22O3. The van der Waals surface area contributed by atoms with Gasteiger partial charge in [-0.3, -0.25) is 9.59 Å². The van der Waals surface area contributed by atoms with Crippen molar-refractivity contribution in [2.24, 2.45) is 11.8 Å². The smallest absolute Gasteiger partial charge is 0.307 e. The number of esters is 1. The summed E-state index contributed by atoms with van der Waals surface area (Å²) in [5.74, 6) is 2.14. The number of hydrogen-bond acceptors (Lipinski definition) is 3. The topological polar surface area (TPSA) is 43.4 Å². The van der Waals surface area contributed by atoms with Gasteiger partial charge in [0.05, 0.1) is 6.42 Å². The fraction of sp³-hybridized carbons (Fsp3) is 0.733. The maximum absolute atomic E-state index is 12.1. The summed E-state index contributed by atoms with van der Waals surface area (Å²) in [5.41, 5.74) is -0.493. The highest BCUT2D eigenvalue weighted by atomic mass is 16.6. The molecule has 2 atom stereocenters. The molecule has 0 bridgehead atoms. The van der Waals surface area contributed by atoms with E-state index in [1.165, 1.54) is 0 Å². The monoisotopic (exact) mass is 250 g/mol. The van der Waals surface area contributed by atoms with Crippen LogP contribution in [0.25, 0.3) is 0 Å². The largest absolute Gasteiger partial charge is 0.460 e. The lowest BCUT2D eigenvalue weighted by atomic mass is 9.77. The van der Waals surface area contributed by atoms with E-state index < -0.39 is 5.60 Å². The molecule has 0 aromatic rings. The number of ketones is 1. The summed E-state index contributed by atoms with van der Waals surface area (Å²) in [6.07, 6.45) is 8.53. The molecule has 0 saturated heterocycles. The predicted octanol–water partition coefficient (Wildman–Crippen LogP) is 2.73. The normalized spacial score (nSPS) is 24.4. The molecule has 1 fully saturated rings. The van der Waals surface area contributed by atoms with Crippen molar-refractivity contribution in [3.05, 3.63) is 0 Å². The lowest BCUT2D eigenvalue weighted by Gasteiger charge is -2.27. The van der Waals surface area contributed by atoms with Crippen molar-refractivity contribution < 1.29 is 14.3 Å². The zero-order valence-corrected chi connectivity index (χ0v) is 11.5. The van der Waals surface area contributed by atoms with E-state index in [0.717, 1.165) is 19.3 Å². The molecule has 3 nitrogen and oxygen atoms in total. The van der Waals surface area contributed by atoms with E-state index in [1.54, 1.807) is 0 Å². The molecule has 0 heterocycles. The maximum Gasteiger partial charge on any atom is 0.307 e. The first-order chi connectivity index (χ1) is 8.33. The zero-order valence-electron chi connectivity index (χ0n) is 11.5. The summed E-state index contributed by atoms with van der Waals surface area (Å²) >= 11 is 0. The molecule has 1 saturated carbocycles. The Balaban J connectivity index is 2.54. The van der Waals surface area contributed by atoms with Crippen LogP contribution in [0, 0.1) is 24.2 Å². The minimum Gasteiger partial charge on any atom is -0.460 e. The molecule has 18 heavy (non-hydrogen) atoms. The van der Waals surface area contributed by atoms with Crippen molar-refractivity contribution in [2.45, 2.75) is 58.5 Å². The van der Waals surface area contributed by atoms with Crippen LogP contribution in [0.5, 0.6) is 0 Å². The summed E-state index contributed by atoms with van der Waals surface area (Å²) in [5, 5.41) is 0. The summed E-state index contributed by atoms with van der Waals surface area (Å²) in [7, 11) is 0. The molecular weight excluding hydrogens is 228 g/mol. The molecule has 0 aromatic heterocycles. The molecule has 3 heteroatoms. The van der Waals surface area contributed by atoms with Crippen molar-refractivity contribution >= 4 is 11.8 Å². The zero-order chi connectivity index (χ0) is 13.8. The van der Waals surface area contributed by atoms with E-state index in [9.17, 15) is 9.59 Å². The van der Waals surface area contributed by atoms with Crippen molar-refractivity contribution in [3.63, 3.8) is 0 Å². The second-order valence-electron chi connectivity index (χ2n) is 5.93. The number of Topliss-reactive ketones (excluding diaryl/α,β-unsaturated/α-hetero) is 1. The number of hydrogen-bond donors (Lipinski definition) is 0. The van der Waals surface area contributed by atoms with Gasteiger partial charge in [0.15, 0.2) is 0 Å². The molecule has 1 aliphatic carbocycles. The van der Waals surface area contributed by atoms with Crippen LogP contribution < -0.4 is 0 Å². The molecule has 100 valence electrons. The van der Waals surface area contributed by atoms with Crippen molar-refractivity contribution in [1.29, 1.82) is 0 Å². The van der Waals surface area contributed by atoms with Gasteiger partial charge >= 0.3 is 5.97 Å². The summed E-state index contributed by atoms with van der Waals surface area (Å²) in [6, 6.07) is 0. The standard InChI is InChI=1S/C15H22O3/c1-5-7-11-8-6-9-12(14(11)17)10-13(16)18-15(2,3)4/h1,11-12H,6-10H2,2-4H3. The molecule has 2 unspecified atom stereocenters. The van der Waals surface area contributed by atoms with E-state index in [2.05, 4.69) is 5.92 Å². The van der Waals surface area contributed by atoms with E-state index in [1.807, 2.05) is 20.8 Å². The van der Waals surface area contributed by atoms with E-state index >= 15 is 0 Å². The number of ether oxygens (including phenoxy) is 1. The molecule has 1 aliphatic rings. The molecule has 0 spiro atoms. The summed E-state index contributed by atoms with van der Waals surface area (Å²) in [6.45, 7) is 5.48. The molecule has 0 aliphatic heterocycles. The summed E-state index contributed by atoms with van der Waals surface area (Å²) in [4.78, 5) is 23.8. The first kappa shape index (κ1) is 14.8. The molecule has 1 rings (SSSR count). The number of terminal acetylenes is 1.